The highest BCUT2D eigenvalue weighted by molar-refractivity contribution is 7.91. The van der Waals surface area contributed by atoms with Crippen molar-refractivity contribution in [2.45, 2.75) is 26.7 Å². The largest absolute Gasteiger partial charge is 0.316 e. The number of nitrogens with zero attached hydrogens (tertiary/aromatic N) is 1. The number of nitrogens with one attached hydrogen (secondary N) is 1. The normalized spacial score (nSPS) is 14.2. The lowest BCUT2D eigenvalue weighted by atomic mass is 10.2. The van der Waals surface area contributed by atoms with Crippen molar-refractivity contribution in [1.82, 2.24) is 10.2 Å². The molecule has 1 unspecified atom stereocenters. The Labute approximate surface area is 107 Å². The van der Waals surface area contributed by atoms with E-state index < -0.39 is 9.84 Å². The SMILES string of the molecule is CCC(C)CS(=O)(=O)CCNCCCN(C)C. The zero-order valence-corrected chi connectivity index (χ0v) is 12.5. The highest BCUT2D eigenvalue weighted by atomic mass is 32.2. The fraction of sp³-hybridized carbons (Fsp3) is 1.00. The van der Waals surface area contributed by atoms with E-state index in [-0.39, 0.29) is 11.7 Å². The van der Waals surface area contributed by atoms with Crippen LogP contribution in [0.25, 0.3) is 0 Å². The maximum atomic E-state index is 11.7. The molecule has 17 heavy (non-hydrogen) atoms. The Morgan fingerprint density at radius 2 is 1.88 bits per heavy atom. The summed E-state index contributed by atoms with van der Waals surface area (Å²) in [5, 5.41) is 3.18. The zero-order chi connectivity index (χ0) is 13.3. The van der Waals surface area contributed by atoms with Crippen LogP contribution in [0.1, 0.15) is 26.7 Å². The molecule has 0 saturated carbocycles. The van der Waals surface area contributed by atoms with Gasteiger partial charge in [-0.1, -0.05) is 20.3 Å². The van der Waals surface area contributed by atoms with Gasteiger partial charge >= 0.3 is 0 Å². The quantitative estimate of drug-likeness (QED) is 0.598. The van der Waals surface area contributed by atoms with E-state index in [2.05, 4.69) is 10.2 Å². The molecule has 0 aliphatic heterocycles. The fourth-order valence-corrected chi connectivity index (χ4v) is 3.23. The molecule has 0 amide bonds. The van der Waals surface area contributed by atoms with Crippen molar-refractivity contribution < 1.29 is 8.42 Å². The molecule has 104 valence electrons. The van der Waals surface area contributed by atoms with Crippen molar-refractivity contribution >= 4 is 9.84 Å². The van der Waals surface area contributed by atoms with Gasteiger partial charge in [-0.3, -0.25) is 0 Å². The molecular formula is C12H28N2O2S. The molecule has 4 nitrogen and oxygen atoms in total. The second-order valence-corrected chi connectivity index (χ2v) is 7.26. The van der Waals surface area contributed by atoms with E-state index in [0.717, 1.165) is 25.9 Å². The van der Waals surface area contributed by atoms with Crippen molar-refractivity contribution in [3.8, 4) is 0 Å². The Morgan fingerprint density at radius 1 is 1.24 bits per heavy atom. The summed E-state index contributed by atoms with van der Waals surface area (Å²) < 4.78 is 23.4. The fourth-order valence-electron chi connectivity index (χ4n) is 1.51. The first kappa shape index (κ1) is 16.9. The summed E-state index contributed by atoms with van der Waals surface area (Å²) in [7, 11) is 1.21. The predicted molar refractivity (Wildman–Crippen MR) is 74.1 cm³/mol. The molecule has 0 fully saturated rings. The van der Waals surface area contributed by atoms with Crippen LogP contribution < -0.4 is 5.32 Å². The number of sulfone groups is 1. The molecule has 0 aromatic rings. The summed E-state index contributed by atoms with van der Waals surface area (Å²) in [5.74, 6) is 0.857. The lowest BCUT2D eigenvalue weighted by molar-refractivity contribution is 0.395. The lowest BCUT2D eigenvalue weighted by Gasteiger charge is -2.11. The summed E-state index contributed by atoms with van der Waals surface area (Å²) in [4.78, 5) is 2.13. The van der Waals surface area contributed by atoms with Crippen molar-refractivity contribution in [3.63, 3.8) is 0 Å². The van der Waals surface area contributed by atoms with Crippen molar-refractivity contribution in [2.24, 2.45) is 5.92 Å². The van der Waals surface area contributed by atoms with Gasteiger partial charge in [0.15, 0.2) is 9.84 Å². The van der Waals surface area contributed by atoms with Crippen LogP contribution in [0.4, 0.5) is 0 Å². The van der Waals surface area contributed by atoms with Gasteiger partial charge in [0.1, 0.15) is 0 Å². The molecule has 1 atom stereocenters. The van der Waals surface area contributed by atoms with Crippen LogP contribution in [0, 0.1) is 5.92 Å². The standard InChI is InChI=1S/C12H28N2O2S/c1-5-12(2)11-17(15,16)10-8-13-7-6-9-14(3)4/h12-13H,5-11H2,1-4H3. The molecule has 0 spiro atoms. The Bertz CT molecular complexity index is 276. The molecule has 0 bridgehead atoms. The second kappa shape index (κ2) is 8.89. The van der Waals surface area contributed by atoms with Crippen LogP contribution in [-0.2, 0) is 9.84 Å². The number of rotatable bonds is 10. The molecule has 5 heteroatoms. The second-order valence-electron chi connectivity index (χ2n) is 5.03. The minimum absolute atomic E-state index is 0.263. The van der Waals surface area contributed by atoms with E-state index in [0.29, 0.717) is 12.3 Å². The van der Waals surface area contributed by atoms with Crippen LogP contribution in [0.2, 0.25) is 0 Å². The van der Waals surface area contributed by atoms with Gasteiger partial charge in [-0.2, -0.15) is 0 Å². The summed E-state index contributed by atoms with van der Waals surface area (Å²) in [5.41, 5.74) is 0. The van der Waals surface area contributed by atoms with E-state index in [4.69, 9.17) is 0 Å². The molecular weight excluding hydrogens is 236 g/mol. The first-order valence-corrected chi connectivity index (χ1v) is 8.25. The number of hydrogen-bond acceptors (Lipinski definition) is 4. The van der Waals surface area contributed by atoms with Gasteiger partial charge in [0.25, 0.3) is 0 Å². The van der Waals surface area contributed by atoms with E-state index in [9.17, 15) is 8.42 Å². The van der Waals surface area contributed by atoms with Gasteiger partial charge in [-0.25, -0.2) is 8.42 Å². The van der Waals surface area contributed by atoms with Gasteiger partial charge in [0.05, 0.1) is 11.5 Å². The molecule has 0 aromatic carbocycles. The zero-order valence-electron chi connectivity index (χ0n) is 11.7. The Hall–Kier alpha value is -0.130. The molecule has 0 aliphatic rings. The Kier molecular flexibility index (Phi) is 8.82. The average Bonchev–Trinajstić information content (AvgIpc) is 2.22. The molecule has 0 saturated heterocycles. The number of hydrogen-bond donors (Lipinski definition) is 1. The van der Waals surface area contributed by atoms with Crippen molar-refractivity contribution in [1.29, 1.82) is 0 Å². The van der Waals surface area contributed by atoms with Gasteiger partial charge in [-0.05, 0) is 39.5 Å². The molecule has 0 heterocycles. The van der Waals surface area contributed by atoms with Gasteiger partial charge in [0.2, 0.25) is 0 Å². The summed E-state index contributed by atoms with van der Waals surface area (Å²) in [6.45, 7) is 6.51. The minimum Gasteiger partial charge on any atom is -0.316 e. The molecule has 1 N–H and O–H groups in total. The van der Waals surface area contributed by atoms with E-state index in [1.165, 1.54) is 0 Å². The van der Waals surface area contributed by atoms with E-state index in [1.807, 2.05) is 27.9 Å². The molecule has 0 rings (SSSR count). The Balaban J connectivity index is 3.59. The third kappa shape index (κ3) is 10.7. The molecule has 0 aliphatic carbocycles. The van der Waals surface area contributed by atoms with Crippen LogP contribution in [0.5, 0.6) is 0 Å². The lowest BCUT2D eigenvalue weighted by Crippen LogP contribution is -2.28. The topological polar surface area (TPSA) is 49.4 Å². The third-order valence-corrected chi connectivity index (χ3v) is 4.69. The maximum Gasteiger partial charge on any atom is 0.151 e. The summed E-state index contributed by atoms with van der Waals surface area (Å²) in [6, 6.07) is 0. The minimum atomic E-state index is -2.87. The van der Waals surface area contributed by atoms with Gasteiger partial charge < -0.3 is 10.2 Å². The summed E-state index contributed by atoms with van der Waals surface area (Å²) >= 11 is 0. The van der Waals surface area contributed by atoms with Crippen molar-refractivity contribution in [3.05, 3.63) is 0 Å². The van der Waals surface area contributed by atoms with Crippen LogP contribution in [0.15, 0.2) is 0 Å². The summed E-state index contributed by atoms with van der Waals surface area (Å²) in [6.07, 6.45) is 1.98. The first-order valence-electron chi connectivity index (χ1n) is 6.43. The van der Waals surface area contributed by atoms with Crippen LogP contribution >= 0.6 is 0 Å². The average molecular weight is 264 g/mol. The highest BCUT2D eigenvalue weighted by Gasteiger charge is 2.13. The highest BCUT2D eigenvalue weighted by Crippen LogP contribution is 2.05. The van der Waals surface area contributed by atoms with E-state index >= 15 is 0 Å². The first-order chi connectivity index (χ1) is 7.87. The Morgan fingerprint density at radius 3 is 2.41 bits per heavy atom. The monoisotopic (exact) mass is 264 g/mol. The van der Waals surface area contributed by atoms with Crippen LogP contribution in [0.3, 0.4) is 0 Å². The van der Waals surface area contributed by atoms with E-state index in [1.54, 1.807) is 0 Å². The molecule has 0 radical (unpaired) electrons. The van der Waals surface area contributed by atoms with Gasteiger partial charge in [0, 0.05) is 6.54 Å². The third-order valence-electron chi connectivity index (χ3n) is 2.78. The van der Waals surface area contributed by atoms with Crippen molar-refractivity contribution in [2.75, 3.05) is 45.2 Å². The molecule has 0 aromatic heterocycles. The van der Waals surface area contributed by atoms with Gasteiger partial charge in [-0.15, -0.1) is 0 Å². The smallest absolute Gasteiger partial charge is 0.151 e. The predicted octanol–water partition coefficient (Wildman–Crippen LogP) is 0.989. The van der Waals surface area contributed by atoms with Crippen LogP contribution in [-0.4, -0.2) is 58.6 Å². The maximum absolute atomic E-state index is 11.7.